The molecule has 1 heterocycles. The summed E-state index contributed by atoms with van der Waals surface area (Å²) in [5, 5.41) is 8.97. The predicted octanol–water partition coefficient (Wildman–Crippen LogP) is 2.97. The molecule has 1 aromatic carbocycles. The van der Waals surface area contributed by atoms with Crippen LogP contribution in [0.2, 0.25) is 5.15 Å². The van der Waals surface area contributed by atoms with E-state index in [1.54, 1.807) is 0 Å². The minimum atomic E-state index is -0.937. The topological polar surface area (TPSA) is 66.0 Å². The van der Waals surface area contributed by atoms with Crippen LogP contribution >= 0.6 is 11.6 Å². The summed E-state index contributed by atoms with van der Waals surface area (Å²) >= 11 is 5.92. The average Bonchev–Trinajstić information content (AvgIpc) is 2.59. The Bertz CT molecular complexity index is 605. The standard InChI is InChI=1S/C13H13ClN2O2/c1-7-3-4-9(8(2)5-7)13-15-10(6-11(17)18)12(14)16-13/h3-5H,6H2,1-2H3,(H,15,16)(H,17,18). The van der Waals surface area contributed by atoms with Crippen LogP contribution in [0.15, 0.2) is 18.2 Å². The molecule has 0 saturated carbocycles. The molecule has 0 amide bonds. The molecule has 2 aromatic rings. The minimum absolute atomic E-state index is 0.156. The third kappa shape index (κ3) is 2.54. The molecular formula is C13H13ClN2O2. The highest BCUT2D eigenvalue weighted by Gasteiger charge is 2.13. The Morgan fingerprint density at radius 2 is 2.17 bits per heavy atom. The minimum Gasteiger partial charge on any atom is -0.481 e. The third-order valence-corrected chi connectivity index (χ3v) is 3.01. The Morgan fingerprint density at radius 3 is 2.78 bits per heavy atom. The molecule has 1 aromatic heterocycles. The van der Waals surface area contributed by atoms with E-state index in [0.29, 0.717) is 11.5 Å². The quantitative estimate of drug-likeness (QED) is 0.896. The molecule has 4 nitrogen and oxygen atoms in total. The summed E-state index contributed by atoms with van der Waals surface area (Å²) in [5.41, 5.74) is 3.60. The molecule has 2 N–H and O–H groups in total. The van der Waals surface area contributed by atoms with Crippen LogP contribution in [0.3, 0.4) is 0 Å². The number of aliphatic carboxylic acids is 1. The molecule has 0 spiro atoms. The molecule has 2 rings (SSSR count). The van der Waals surface area contributed by atoms with Crippen LogP contribution in [-0.2, 0) is 11.2 Å². The molecule has 0 atom stereocenters. The monoisotopic (exact) mass is 264 g/mol. The second-order valence-electron chi connectivity index (χ2n) is 4.24. The van der Waals surface area contributed by atoms with Gasteiger partial charge >= 0.3 is 5.97 Å². The summed E-state index contributed by atoms with van der Waals surface area (Å²) in [6.07, 6.45) is -0.156. The number of H-pyrrole nitrogens is 1. The average molecular weight is 265 g/mol. The van der Waals surface area contributed by atoms with Crippen molar-refractivity contribution in [3.63, 3.8) is 0 Å². The lowest BCUT2D eigenvalue weighted by molar-refractivity contribution is -0.136. The van der Waals surface area contributed by atoms with Gasteiger partial charge in [0, 0.05) is 5.56 Å². The van der Waals surface area contributed by atoms with Crippen LogP contribution < -0.4 is 0 Å². The lowest BCUT2D eigenvalue weighted by atomic mass is 10.1. The number of imidazole rings is 1. The van der Waals surface area contributed by atoms with Gasteiger partial charge in [0.25, 0.3) is 0 Å². The molecule has 0 aliphatic rings. The number of nitrogens with zero attached hydrogens (tertiary/aromatic N) is 1. The zero-order valence-electron chi connectivity index (χ0n) is 10.1. The number of aromatic nitrogens is 2. The number of carbonyl (C=O) groups is 1. The van der Waals surface area contributed by atoms with E-state index in [1.165, 1.54) is 5.56 Å². The van der Waals surface area contributed by atoms with Crippen molar-refractivity contribution in [1.82, 2.24) is 9.97 Å². The van der Waals surface area contributed by atoms with Crippen LogP contribution in [0.25, 0.3) is 11.4 Å². The largest absolute Gasteiger partial charge is 0.481 e. The molecule has 0 aliphatic heterocycles. The van der Waals surface area contributed by atoms with Crippen molar-refractivity contribution in [3.05, 3.63) is 40.2 Å². The maximum atomic E-state index is 10.7. The summed E-state index contributed by atoms with van der Waals surface area (Å²) in [6, 6.07) is 5.97. The number of carboxylic acids is 1. The number of halogens is 1. The van der Waals surface area contributed by atoms with Gasteiger partial charge in [0.15, 0.2) is 5.15 Å². The second-order valence-corrected chi connectivity index (χ2v) is 4.60. The van der Waals surface area contributed by atoms with E-state index < -0.39 is 5.97 Å². The zero-order valence-corrected chi connectivity index (χ0v) is 10.9. The number of rotatable bonds is 3. The summed E-state index contributed by atoms with van der Waals surface area (Å²) in [4.78, 5) is 17.8. The van der Waals surface area contributed by atoms with Crippen molar-refractivity contribution < 1.29 is 9.90 Å². The van der Waals surface area contributed by atoms with Gasteiger partial charge in [-0.1, -0.05) is 35.4 Å². The number of hydrogen-bond acceptors (Lipinski definition) is 2. The number of benzene rings is 1. The highest BCUT2D eigenvalue weighted by molar-refractivity contribution is 6.30. The van der Waals surface area contributed by atoms with Gasteiger partial charge in [-0.05, 0) is 19.4 Å². The van der Waals surface area contributed by atoms with Gasteiger partial charge in [0.05, 0.1) is 12.1 Å². The van der Waals surface area contributed by atoms with Gasteiger partial charge < -0.3 is 10.1 Å². The summed E-state index contributed by atoms with van der Waals surface area (Å²) in [5.74, 6) is -0.332. The van der Waals surface area contributed by atoms with Gasteiger partial charge in [-0.25, -0.2) is 4.98 Å². The molecular weight excluding hydrogens is 252 g/mol. The van der Waals surface area contributed by atoms with E-state index in [4.69, 9.17) is 16.7 Å². The van der Waals surface area contributed by atoms with E-state index in [1.807, 2.05) is 32.0 Å². The fourth-order valence-electron chi connectivity index (χ4n) is 1.86. The first-order chi connectivity index (χ1) is 8.47. The predicted molar refractivity (Wildman–Crippen MR) is 69.8 cm³/mol. The van der Waals surface area contributed by atoms with E-state index >= 15 is 0 Å². The van der Waals surface area contributed by atoms with Crippen molar-refractivity contribution in [2.24, 2.45) is 0 Å². The Balaban J connectivity index is 2.42. The molecule has 0 aliphatic carbocycles. The molecule has 94 valence electrons. The van der Waals surface area contributed by atoms with Crippen LogP contribution in [-0.4, -0.2) is 21.0 Å². The molecule has 18 heavy (non-hydrogen) atoms. The third-order valence-electron chi connectivity index (χ3n) is 2.69. The van der Waals surface area contributed by atoms with E-state index in [2.05, 4.69) is 9.97 Å². The molecule has 5 heteroatoms. The van der Waals surface area contributed by atoms with Crippen molar-refractivity contribution in [3.8, 4) is 11.4 Å². The first kappa shape index (κ1) is 12.6. The van der Waals surface area contributed by atoms with Gasteiger partial charge in [-0.3, -0.25) is 4.79 Å². The van der Waals surface area contributed by atoms with Gasteiger partial charge in [0.1, 0.15) is 5.82 Å². The highest BCUT2D eigenvalue weighted by atomic mass is 35.5. The maximum absolute atomic E-state index is 10.7. The van der Waals surface area contributed by atoms with E-state index in [0.717, 1.165) is 11.1 Å². The van der Waals surface area contributed by atoms with Crippen LogP contribution in [0.4, 0.5) is 0 Å². The number of hydrogen-bond donors (Lipinski definition) is 2. The number of aromatic amines is 1. The second kappa shape index (κ2) is 4.82. The Hall–Kier alpha value is -1.81. The number of aryl methyl sites for hydroxylation is 2. The highest BCUT2D eigenvalue weighted by Crippen LogP contribution is 2.25. The van der Waals surface area contributed by atoms with Gasteiger partial charge in [0.2, 0.25) is 0 Å². The SMILES string of the molecule is Cc1ccc(-c2nc(Cl)c(CC(=O)O)[nH]2)c(C)c1. The smallest absolute Gasteiger partial charge is 0.309 e. The lowest BCUT2D eigenvalue weighted by Crippen LogP contribution is -2.00. The Kier molecular flexibility index (Phi) is 3.39. The fourth-order valence-corrected chi connectivity index (χ4v) is 2.06. The molecule has 0 saturated heterocycles. The molecule has 0 bridgehead atoms. The first-order valence-electron chi connectivity index (χ1n) is 5.51. The fraction of sp³-hybridized carbons (Fsp3) is 0.231. The maximum Gasteiger partial charge on any atom is 0.309 e. The van der Waals surface area contributed by atoms with Crippen molar-refractivity contribution in [1.29, 1.82) is 0 Å². The Labute approximate surface area is 110 Å². The normalized spacial score (nSPS) is 10.6. The summed E-state index contributed by atoms with van der Waals surface area (Å²) in [6.45, 7) is 4.00. The summed E-state index contributed by atoms with van der Waals surface area (Å²) < 4.78 is 0. The summed E-state index contributed by atoms with van der Waals surface area (Å²) in [7, 11) is 0. The van der Waals surface area contributed by atoms with Gasteiger partial charge in [-0.15, -0.1) is 0 Å². The first-order valence-corrected chi connectivity index (χ1v) is 5.89. The van der Waals surface area contributed by atoms with Gasteiger partial charge in [-0.2, -0.15) is 0 Å². The van der Waals surface area contributed by atoms with Crippen LogP contribution in [0.5, 0.6) is 0 Å². The molecule has 0 fully saturated rings. The van der Waals surface area contributed by atoms with Crippen molar-refractivity contribution in [2.45, 2.75) is 20.3 Å². The Morgan fingerprint density at radius 1 is 1.44 bits per heavy atom. The van der Waals surface area contributed by atoms with E-state index in [9.17, 15) is 4.79 Å². The van der Waals surface area contributed by atoms with Crippen molar-refractivity contribution in [2.75, 3.05) is 0 Å². The van der Waals surface area contributed by atoms with Crippen molar-refractivity contribution >= 4 is 17.6 Å². The number of carboxylic acid groups (broad SMARTS) is 1. The van der Waals surface area contributed by atoms with E-state index in [-0.39, 0.29) is 11.6 Å². The molecule has 0 unspecified atom stereocenters. The lowest BCUT2D eigenvalue weighted by Gasteiger charge is -2.03. The van der Waals surface area contributed by atoms with Crippen LogP contribution in [0, 0.1) is 13.8 Å². The zero-order chi connectivity index (χ0) is 13.3. The van der Waals surface area contributed by atoms with Crippen LogP contribution in [0.1, 0.15) is 16.8 Å². The molecule has 0 radical (unpaired) electrons. The number of nitrogens with one attached hydrogen (secondary N) is 1.